The molecule has 1 unspecified atom stereocenters. The second-order valence-corrected chi connectivity index (χ2v) is 8.79. The van der Waals surface area contributed by atoms with E-state index in [2.05, 4.69) is 0 Å². The Balaban J connectivity index is 3.07. The van der Waals surface area contributed by atoms with Crippen molar-refractivity contribution in [2.75, 3.05) is 0 Å². The number of halogens is 12. The maximum absolute atomic E-state index is 14.6. The van der Waals surface area contributed by atoms with E-state index in [4.69, 9.17) is 0 Å². The Morgan fingerprint density at radius 3 is 1.36 bits per heavy atom. The summed E-state index contributed by atoms with van der Waals surface area (Å²) in [5.74, 6) is -34.6. The van der Waals surface area contributed by atoms with Gasteiger partial charge >= 0.3 is 29.6 Å². The number of hydrogen-bond donors (Lipinski definition) is 0. The van der Waals surface area contributed by atoms with Gasteiger partial charge in [0.25, 0.3) is 5.67 Å². The van der Waals surface area contributed by atoms with Crippen LogP contribution in [0.4, 0.5) is 48.3 Å². The van der Waals surface area contributed by atoms with Gasteiger partial charge in [-0.2, -0.15) is 43.9 Å². The molecular formula is C16H20F11I. The largest absolute Gasteiger partial charge is 0.384 e. The zero-order valence-corrected chi connectivity index (χ0v) is 16.9. The van der Waals surface area contributed by atoms with Crippen molar-refractivity contribution in [2.24, 2.45) is 0 Å². The van der Waals surface area contributed by atoms with E-state index < -0.39 is 45.6 Å². The van der Waals surface area contributed by atoms with E-state index in [1.54, 1.807) is 0 Å². The second kappa shape index (κ2) is 8.24. The highest BCUT2D eigenvalue weighted by atomic mass is 127. The molecule has 0 aromatic rings. The third-order valence-electron chi connectivity index (χ3n) is 4.95. The van der Waals surface area contributed by atoms with Gasteiger partial charge in [-0.1, -0.05) is 68.0 Å². The van der Waals surface area contributed by atoms with E-state index in [9.17, 15) is 48.3 Å². The Kier molecular flexibility index (Phi) is 7.65. The number of alkyl halides is 12. The van der Waals surface area contributed by atoms with Crippen LogP contribution in [-0.4, -0.2) is 39.2 Å². The van der Waals surface area contributed by atoms with Gasteiger partial charge in [0.1, 0.15) is 0 Å². The highest BCUT2D eigenvalue weighted by molar-refractivity contribution is 14.1. The molecule has 0 aliphatic heterocycles. The van der Waals surface area contributed by atoms with E-state index in [-0.39, 0.29) is 12.8 Å². The van der Waals surface area contributed by atoms with Crippen LogP contribution in [0.25, 0.3) is 0 Å². The molecule has 1 fully saturated rings. The summed E-state index contributed by atoms with van der Waals surface area (Å²) in [7, 11) is 0. The number of hydrogen-bond acceptors (Lipinski definition) is 0. The molecule has 0 amide bonds. The van der Waals surface area contributed by atoms with Crippen molar-refractivity contribution in [3.63, 3.8) is 0 Å². The molecule has 1 aliphatic carbocycles. The van der Waals surface area contributed by atoms with Gasteiger partial charge in [-0.15, -0.1) is 0 Å². The minimum atomic E-state index is -7.14. The molecule has 0 N–H and O–H groups in total. The molecule has 0 spiro atoms. The molecule has 0 aromatic carbocycles. The fourth-order valence-corrected chi connectivity index (χ4v) is 4.14. The number of unbranched alkanes of at least 4 members (excludes halogenated alkanes) is 5. The van der Waals surface area contributed by atoms with E-state index in [1.165, 1.54) is 22.6 Å². The van der Waals surface area contributed by atoms with E-state index >= 15 is 0 Å². The van der Waals surface area contributed by atoms with Gasteiger partial charge in [-0.25, -0.2) is 4.39 Å². The molecule has 168 valence electrons. The van der Waals surface area contributed by atoms with Crippen LogP contribution in [0.3, 0.4) is 0 Å². The Bertz CT molecular complexity index is 503. The van der Waals surface area contributed by atoms with Gasteiger partial charge < -0.3 is 0 Å². The summed E-state index contributed by atoms with van der Waals surface area (Å²) >= 11 is 1.20. The first-order valence-corrected chi connectivity index (χ1v) is 9.92. The van der Waals surface area contributed by atoms with Gasteiger partial charge in [0.2, 0.25) is 0 Å². The van der Waals surface area contributed by atoms with Gasteiger partial charge in [-0.3, -0.25) is 0 Å². The van der Waals surface area contributed by atoms with E-state index in [0.29, 0.717) is 12.8 Å². The van der Waals surface area contributed by atoms with Gasteiger partial charge in [0.05, 0.1) is 0 Å². The lowest BCUT2D eigenvalue weighted by Crippen LogP contribution is -2.83. The van der Waals surface area contributed by atoms with Gasteiger partial charge in [-0.05, 0) is 6.42 Å². The molecule has 1 saturated carbocycles. The fourth-order valence-electron chi connectivity index (χ4n) is 3.10. The fraction of sp³-hybridized carbons (Fsp3) is 1.00. The smallest absolute Gasteiger partial charge is 0.230 e. The Morgan fingerprint density at radius 2 is 0.929 bits per heavy atom. The Morgan fingerprint density at radius 1 is 0.571 bits per heavy atom. The molecule has 28 heavy (non-hydrogen) atoms. The predicted molar refractivity (Wildman–Crippen MR) is 89.0 cm³/mol. The quantitative estimate of drug-likeness (QED) is 0.119. The minimum absolute atomic E-state index is 0.196. The first-order valence-electron chi connectivity index (χ1n) is 8.67. The van der Waals surface area contributed by atoms with E-state index in [1.807, 2.05) is 6.92 Å². The molecule has 1 aliphatic rings. The first-order chi connectivity index (χ1) is 12.5. The van der Waals surface area contributed by atoms with E-state index in [0.717, 1.165) is 19.3 Å². The zero-order valence-electron chi connectivity index (χ0n) is 14.8. The maximum atomic E-state index is 14.6. The third-order valence-corrected chi connectivity index (χ3v) is 6.01. The summed E-state index contributed by atoms with van der Waals surface area (Å²) in [4.78, 5) is 0. The highest BCUT2D eigenvalue weighted by Gasteiger charge is 3.00. The lowest BCUT2D eigenvalue weighted by atomic mass is 9.70. The van der Waals surface area contributed by atoms with Crippen LogP contribution < -0.4 is 0 Å². The van der Waals surface area contributed by atoms with Crippen LogP contribution in [0, 0.1) is 0 Å². The average molecular weight is 548 g/mol. The van der Waals surface area contributed by atoms with Crippen molar-refractivity contribution < 1.29 is 48.3 Å². The van der Waals surface area contributed by atoms with Gasteiger partial charge in [0, 0.05) is 10.3 Å². The molecule has 0 radical (unpaired) electrons. The van der Waals surface area contributed by atoms with Crippen LogP contribution in [0.1, 0.15) is 58.3 Å². The SMILES string of the molecule is CCCCCCCCC(I)CC1(F)C(F)(F)C(F)(F)C(F)(F)C(F)(F)C1(F)F. The summed E-state index contributed by atoms with van der Waals surface area (Å²) in [5, 5.41) is 0. The van der Waals surface area contributed by atoms with Crippen molar-refractivity contribution in [1.29, 1.82) is 0 Å². The van der Waals surface area contributed by atoms with Crippen LogP contribution in [-0.2, 0) is 0 Å². The predicted octanol–water partition coefficient (Wildman–Crippen LogP) is 7.83. The zero-order chi connectivity index (χ0) is 22.2. The third kappa shape index (κ3) is 3.61. The molecule has 12 heteroatoms. The van der Waals surface area contributed by atoms with Crippen LogP contribution in [0.5, 0.6) is 0 Å². The first kappa shape index (κ1) is 26.0. The molecule has 0 heterocycles. The second-order valence-electron chi connectivity index (χ2n) is 7.03. The molecule has 1 atom stereocenters. The minimum Gasteiger partial charge on any atom is -0.230 e. The molecular weight excluding hydrogens is 528 g/mol. The molecule has 1 rings (SSSR count). The maximum Gasteiger partial charge on any atom is 0.384 e. The van der Waals surface area contributed by atoms with Crippen molar-refractivity contribution in [2.45, 2.75) is 97.5 Å². The number of rotatable bonds is 9. The molecule has 0 aromatic heterocycles. The Hall–Kier alpha value is -0.0400. The van der Waals surface area contributed by atoms with Crippen molar-refractivity contribution in [1.82, 2.24) is 0 Å². The van der Waals surface area contributed by atoms with Crippen LogP contribution in [0.2, 0.25) is 0 Å². The lowest BCUT2D eigenvalue weighted by Gasteiger charge is -2.53. The Labute approximate surface area is 168 Å². The summed E-state index contributed by atoms with van der Waals surface area (Å²) in [6, 6.07) is 0. The van der Waals surface area contributed by atoms with Crippen molar-refractivity contribution in [3.05, 3.63) is 0 Å². The van der Waals surface area contributed by atoms with Gasteiger partial charge in [0.15, 0.2) is 0 Å². The molecule has 0 bridgehead atoms. The van der Waals surface area contributed by atoms with Crippen LogP contribution in [0.15, 0.2) is 0 Å². The lowest BCUT2D eigenvalue weighted by molar-refractivity contribution is -0.485. The summed E-state index contributed by atoms with van der Waals surface area (Å²) < 4.78 is 148. The highest BCUT2D eigenvalue weighted by Crippen LogP contribution is 2.70. The van der Waals surface area contributed by atoms with Crippen molar-refractivity contribution >= 4 is 22.6 Å². The monoisotopic (exact) mass is 548 g/mol. The normalized spacial score (nSPS) is 27.3. The van der Waals surface area contributed by atoms with Crippen molar-refractivity contribution in [3.8, 4) is 0 Å². The standard InChI is InChI=1S/C16H20F11I/c1-2-3-4-5-6-7-8-10(28)9-11(17)12(18,19)14(22,23)16(26,27)15(24,25)13(11,20)21/h10H,2-9H2,1H3. The topological polar surface area (TPSA) is 0 Å². The summed E-state index contributed by atoms with van der Waals surface area (Å²) in [6.45, 7) is 1.95. The summed E-state index contributed by atoms with van der Waals surface area (Å²) in [6.07, 6.45) is 1.80. The average Bonchev–Trinajstić information content (AvgIpc) is 2.55. The molecule has 0 nitrogen and oxygen atoms in total. The summed E-state index contributed by atoms with van der Waals surface area (Å²) in [5.41, 5.74) is -5.84. The molecule has 0 saturated heterocycles. The van der Waals surface area contributed by atoms with Crippen LogP contribution >= 0.6 is 22.6 Å².